The molecule has 1 aromatic heterocycles. The van der Waals surface area contributed by atoms with E-state index in [1.54, 1.807) is 12.2 Å². The number of nitrogens with zero attached hydrogens (tertiary/aromatic N) is 1. The van der Waals surface area contributed by atoms with Crippen LogP contribution in [-0.2, 0) is 0 Å². The fourth-order valence-corrected chi connectivity index (χ4v) is 2.94. The zero-order chi connectivity index (χ0) is 31.8. The first-order valence-corrected chi connectivity index (χ1v) is 15.1. The summed E-state index contributed by atoms with van der Waals surface area (Å²) < 4.78 is 0. The second kappa shape index (κ2) is 34.1. The van der Waals surface area contributed by atoms with Gasteiger partial charge >= 0.3 is 0 Å². The molecule has 0 amide bonds. The fraction of sp³-hybridized carbons (Fsp3) is 0.462. The number of aryl methyl sites for hydroxylation is 2. The van der Waals surface area contributed by atoms with Gasteiger partial charge in [0.15, 0.2) is 0 Å². The van der Waals surface area contributed by atoms with Gasteiger partial charge in [0.2, 0.25) is 0 Å². The first kappa shape index (κ1) is 44.1. The van der Waals surface area contributed by atoms with Crippen LogP contribution in [-0.4, -0.2) is 4.98 Å². The minimum atomic E-state index is 0.795. The van der Waals surface area contributed by atoms with Gasteiger partial charge < -0.3 is 0 Å². The van der Waals surface area contributed by atoms with Crippen molar-refractivity contribution in [3.63, 3.8) is 0 Å². The Labute approximate surface area is 252 Å². The summed E-state index contributed by atoms with van der Waals surface area (Å²) in [5.41, 5.74) is 6.14. The van der Waals surface area contributed by atoms with E-state index in [4.69, 9.17) is 0 Å². The Balaban J connectivity index is -0.000000215. The van der Waals surface area contributed by atoms with Crippen LogP contribution in [0.2, 0.25) is 0 Å². The molecule has 1 unspecified atom stereocenters. The summed E-state index contributed by atoms with van der Waals surface area (Å²) >= 11 is 0. The number of hydrogen-bond donors (Lipinski definition) is 0. The van der Waals surface area contributed by atoms with E-state index in [0.717, 1.165) is 29.5 Å². The van der Waals surface area contributed by atoms with Crippen molar-refractivity contribution in [2.45, 2.75) is 109 Å². The molecule has 40 heavy (non-hydrogen) atoms. The third-order valence-corrected chi connectivity index (χ3v) is 4.89. The van der Waals surface area contributed by atoms with Crippen LogP contribution in [0, 0.1) is 25.7 Å². The minimum absolute atomic E-state index is 0.795. The normalized spacial score (nSPS) is 10.4. The van der Waals surface area contributed by atoms with E-state index in [1.165, 1.54) is 36.0 Å². The quantitative estimate of drug-likeness (QED) is 0.236. The maximum absolute atomic E-state index is 4.08. The van der Waals surface area contributed by atoms with Gasteiger partial charge in [-0.1, -0.05) is 158 Å². The van der Waals surface area contributed by atoms with Gasteiger partial charge in [-0.3, -0.25) is 4.98 Å². The van der Waals surface area contributed by atoms with Crippen LogP contribution in [0.4, 0.5) is 0 Å². The lowest BCUT2D eigenvalue weighted by atomic mass is 9.93. The Morgan fingerprint density at radius 1 is 0.875 bits per heavy atom. The molecule has 0 N–H and O–H groups in total. The first-order valence-electron chi connectivity index (χ1n) is 15.1. The van der Waals surface area contributed by atoms with Gasteiger partial charge in [0, 0.05) is 11.9 Å². The summed E-state index contributed by atoms with van der Waals surface area (Å²) in [5, 5.41) is 0. The lowest BCUT2D eigenvalue weighted by molar-refractivity contribution is 0.436. The zero-order valence-electron chi connectivity index (χ0n) is 28.6. The Morgan fingerprint density at radius 3 is 1.73 bits per heavy atom. The van der Waals surface area contributed by atoms with E-state index in [9.17, 15) is 0 Å². The van der Waals surface area contributed by atoms with E-state index in [0.29, 0.717) is 0 Å². The molecule has 0 spiro atoms. The van der Waals surface area contributed by atoms with Gasteiger partial charge in [0.25, 0.3) is 0 Å². The molecule has 0 saturated heterocycles. The lowest BCUT2D eigenvalue weighted by Gasteiger charge is -2.13. The van der Waals surface area contributed by atoms with Gasteiger partial charge in [0.05, 0.1) is 0 Å². The summed E-state index contributed by atoms with van der Waals surface area (Å²) in [5.74, 6) is 1.60. The van der Waals surface area contributed by atoms with Crippen LogP contribution in [0.3, 0.4) is 0 Å². The smallest absolute Gasteiger partial charge is 0.0373 e. The van der Waals surface area contributed by atoms with Gasteiger partial charge in [-0.25, -0.2) is 0 Å². The van der Waals surface area contributed by atoms with Gasteiger partial charge in [-0.05, 0) is 70.4 Å². The molecular weight excluding hydrogens is 482 g/mol. The van der Waals surface area contributed by atoms with Gasteiger partial charge in [-0.2, -0.15) is 0 Å². The summed E-state index contributed by atoms with van der Waals surface area (Å²) in [6.07, 6.45) is 16.5. The highest BCUT2D eigenvalue weighted by Crippen LogP contribution is 2.18. The maximum atomic E-state index is 4.08. The van der Waals surface area contributed by atoms with Crippen molar-refractivity contribution in [3.05, 3.63) is 121 Å². The predicted molar refractivity (Wildman–Crippen MR) is 189 cm³/mol. The SMILES string of the molecule is C=C(C)CC.C=C/C=C\C=C(\C)CC(C)CC(C)C.C=Cc1ccc(C)nc1.CC.CCC.Cc1ccccc1. The number of rotatable bonds is 8. The van der Waals surface area contributed by atoms with E-state index in [2.05, 4.69) is 104 Å². The summed E-state index contributed by atoms with van der Waals surface area (Å²) in [6, 6.07) is 14.2. The molecule has 1 atom stereocenters. The van der Waals surface area contributed by atoms with Gasteiger partial charge in [0.1, 0.15) is 0 Å². The largest absolute Gasteiger partial charge is 0.261 e. The average molecular weight is 548 g/mol. The van der Waals surface area contributed by atoms with E-state index in [1.807, 2.05) is 70.3 Å². The molecule has 0 aliphatic rings. The minimum Gasteiger partial charge on any atom is -0.261 e. The molecule has 1 aromatic carbocycles. The Morgan fingerprint density at radius 2 is 1.40 bits per heavy atom. The Bertz CT molecular complexity index is 867. The Hall–Kier alpha value is -2.93. The third kappa shape index (κ3) is 39.6. The second-order valence-electron chi connectivity index (χ2n) is 10.2. The molecule has 1 nitrogen and oxygen atoms in total. The molecular formula is C39H65N. The van der Waals surface area contributed by atoms with Crippen LogP contribution in [0.5, 0.6) is 0 Å². The summed E-state index contributed by atoms with van der Waals surface area (Å²) in [4.78, 5) is 4.08. The molecule has 0 aliphatic heterocycles. The molecule has 2 aromatic rings. The molecule has 226 valence electrons. The van der Waals surface area contributed by atoms with Crippen LogP contribution in [0.15, 0.2) is 104 Å². The summed E-state index contributed by atoms with van der Waals surface area (Å²) in [6.45, 7) is 36.5. The number of aromatic nitrogens is 1. The number of allylic oxidation sites excluding steroid dienone is 6. The molecule has 0 fully saturated rings. The van der Waals surface area contributed by atoms with Crippen LogP contribution >= 0.6 is 0 Å². The van der Waals surface area contributed by atoms with Crippen LogP contribution in [0.1, 0.15) is 112 Å². The molecule has 0 radical (unpaired) electrons. The van der Waals surface area contributed by atoms with Crippen molar-refractivity contribution < 1.29 is 0 Å². The molecule has 0 aliphatic carbocycles. The molecule has 0 bridgehead atoms. The van der Waals surface area contributed by atoms with Crippen molar-refractivity contribution in [3.8, 4) is 0 Å². The average Bonchev–Trinajstić information content (AvgIpc) is 2.92. The van der Waals surface area contributed by atoms with Crippen molar-refractivity contribution in [1.29, 1.82) is 0 Å². The first-order chi connectivity index (χ1) is 19.0. The standard InChI is InChI=1S/C14H24.C8H9N.C7H8.C5H10.C3H8.C2H6/c1-6-7-8-9-13(4)11-14(5)10-12(2)3;1-3-8-5-4-7(2)9-6-8;1-7-5-3-2-4-6-7;1-4-5(2)3;1-3-2;1-2/h6-9,12,14H,1,10-11H2,2-5H3;3-6H,1H2,2H3;2-6H,1H3;2,4H2,1,3H3;3H2,1-2H3;1-2H3/b8-7-,13-9-;;;;;. The molecule has 1 heteroatoms. The molecule has 1 heterocycles. The highest BCUT2D eigenvalue weighted by Gasteiger charge is 2.04. The molecule has 2 rings (SSSR count). The van der Waals surface area contributed by atoms with E-state index >= 15 is 0 Å². The molecule has 0 saturated carbocycles. The number of hydrogen-bond acceptors (Lipinski definition) is 1. The highest BCUT2D eigenvalue weighted by atomic mass is 14.6. The van der Waals surface area contributed by atoms with Crippen molar-refractivity contribution in [1.82, 2.24) is 4.98 Å². The number of pyridine rings is 1. The monoisotopic (exact) mass is 548 g/mol. The van der Waals surface area contributed by atoms with Crippen LogP contribution in [0.25, 0.3) is 6.08 Å². The van der Waals surface area contributed by atoms with Crippen molar-refractivity contribution in [2.24, 2.45) is 11.8 Å². The Kier molecular flexibility index (Phi) is 37.6. The lowest BCUT2D eigenvalue weighted by Crippen LogP contribution is -2.00. The predicted octanol–water partition coefficient (Wildman–Crippen LogP) is 13.2. The number of benzene rings is 1. The second-order valence-corrected chi connectivity index (χ2v) is 10.2. The summed E-state index contributed by atoms with van der Waals surface area (Å²) in [7, 11) is 0. The van der Waals surface area contributed by atoms with E-state index in [-0.39, 0.29) is 0 Å². The highest BCUT2D eigenvalue weighted by molar-refractivity contribution is 5.44. The third-order valence-electron chi connectivity index (χ3n) is 4.89. The fourth-order valence-electron chi connectivity index (χ4n) is 2.94. The zero-order valence-corrected chi connectivity index (χ0v) is 28.6. The van der Waals surface area contributed by atoms with Gasteiger partial charge in [-0.15, -0.1) is 6.58 Å². The van der Waals surface area contributed by atoms with Crippen molar-refractivity contribution in [2.75, 3.05) is 0 Å². The maximum Gasteiger partial charge on any atom is 0.0373 e. The van der Waals surface area contributed by atoms with E-state index < -0.39 is 0 Å². The van der Waals surface area contributed by atoms with Crippen molar-refractivity contribution >= 4 is 6.08 Å². The van der Waals surface area contributed by atoms with Crippen LogP contribution < -0.4 is 0 Å². The topological polar surface area (TPSA) is 12.9 Å².